The molecular formula is C22H22O6. The maximum absolute atomic E-state index is 12.8. The molecule has 28 heavy (non-hydrogen) atoms. The molecule has 2 N–H and O–H groups in total. The van der Waals surface area contributed by atoms with E-state index < -0.39 is 11.8 Å². The van der Waals surface area contributed by atoms with Crippen LogP contribution in [-0.2, 0) is 9.53 Å². The number of carbonyl (C=O) groups is 2. The second-order valence-corrected chi connectivity index (χ2v) is 6.73. The summed E-state index contributed by atoms with van der Waals surface area (Å²) in [5, 5.41) is 20.3. The summed E-state index contributed by atoms with van der Waals surface area (Å²) in [5.41, 5.74) is 0.314. The van der Waals surface area contributed by atoms with E-state index in [1.165, 1.54) is 37.4 Å². The number of ketones is 1. The SMILES string of the molecule is C=C(C(=O)OC)c1cc(C(=O)c2ccc(OC3CCCC3)cc2O)ccc1O. The number of carbonyl (C=O) groups excluding carboxylic acids is 2. The number of phenolic OH excluding ortho intramolecular Hbond substituents is 2. The molecule has 0 atom stereocenters. The lowest BCUT2D eigenvalue weighted by Crippen LogP contribution is -2.11. The number of phenols is 2. The fourth-order valence-corrected chi connectivity index (χ4v) is 3.28. The monoisotopic (exact) mass is 382 g/mol. The lowest BCUT2D eigenvalue weighted by atomic mass is 9.97. The Morgan fingerprint density at radius 3 is 2.36 bits per heavy atom. The zero-order valence-corrected chi connectivity index (χ0v) is 15.6. The van der Waals surface area contributed by atoms with Crippen molar-refractivity contribution < 1.29 is 29.3 Å². The molecule has 2 aromatic carbocycles. The highest BCUT2D eigenvalue weighted by Gasteiger charge is 2.21. The molecule has 1 saturated carbocycles. The fraction of sp³-hybridized carbons (Fsp3) is 0.273. The molecule has 146 valence electrons. The Labute approximate surface area is 163 Å². The van der Waals surface area contributed by atoms with Gasteiger partial charge in [0.2, 0.25) is 0 Å². The summed E-state index contributed by atoms with van der Waals surface area (Å²) in [4.78, 5) is 24.5. The molecule has 6 nitrogen and oxygen atoms in total. The van der Waals surface area contributed by atoms with Crippen LogP contribution in [0.15, 0.2) is 43.0 Å². The Balaban J connectivity index is 1.85. The summed E-state index contributed by atoms with van der Waals surface area (Å²) in [6.07, 6.45) is 4.38. The Kier molecular flexibility index (Phi) is 5.68. The van der Waals surface area contributed by atoms with E-state index in [0.717, 1.165) is 25.7 Å². The largest absolute Gasteiger partial charge is 0.507 e. The van der Waals surface area contributed by atoms with Gasteiger partial charge in [-0.3, -0.25) is 4.79 Å². The first-order valence-electron chi connectivity index (χ1n) is 9.05. The molecule has 0 bridgehead atoms. The number of esters is 1. The number of hydrogen-bond donors (Lipinski definition) is 2. The minimum absolute atomic E-state index is 0.0702. The standard InChI is InChI=1S/C22H22O6/c1-13(22(26)27-2)18-11-14(7-10-19(18)23)21(25)17-9-8-16(12-20(17)24)28-15-5-3-4-6-15/h7-12,15,23-24H,1,3-6H2,2H3. The number of rotatable bonds is 6. The number of aromatic hydroxyl groups is 2. The minimum Gasteiger partial charge on any atom is -0.507 e. The average Bonchev–Trinajstić information content (AvgIpc) is 3.20. The van der Waals surface area contributed by atoms with Crippen LogP contribution in [0.4, 0.5) is 0 Å². The zero-order valence-electron chi connectivity index (χ0n) is 15.6. The molecule has 6 heteroatoms. The molecule has 2 aromatic rings. The first kappa shape index (κ1) is 19.5. The summed E-state index contributed by atoms with van der Waals surface area (Å²) in [7, 11) is 1.20. The maximum atomic E-state index is 12.8. The van der Waals surface area contributed by atoms with E-state index in [-0.39, 0.29) is 39.9 Å². The van der Waals surface area contributed by atoms with Gasteiger partial charge >= 0.3 is 5.97 Å². The number of benzene rings is 2. The highest BCUT2D eigenvalue weighted by atomic mass is 16.5. The van der Waals surface area contributed by atoms with Crippen molar-refractivity contribution >= 4 is 17.3 Å². The molecule has 0 saturated heterocycles. The molecule has 0 amide bonds. The molecule has 0 spiro atoms. The van der Waals surface area contributed by atoms with E-state index >= 15 is 0 Å². The third-order valence-corrected chi connectivity index (χ3v) is 4.83. The van der Waals surface area contributed by atoms with Crippen molar-refractivity contribution in [1.82, 2.24) is 0 Å². The summed E-state index contributed by atoms with van der Waals surface area (Å²) in [6, 6.07) is 8.64. The van der Waals surface area contributed by atoms with Crippen LogP contribution in [0.3, 0.4) is 0 Å². The lowest BCUT2D eigenvalue weighted by Gasteiger charge is -2.14. The summed E-state index contributed by atoms with van der Waals surface area (Å²) < 4.78 is 10.4. The topological polar surface area (TPSA) is 93.1 Å². The van der Waals surface area contributed by atoms with Gasteiger partial charge in [0.15, 0.2) is 5.78 Å². The van der Waals surface area contributed by atoms with Crippen LogP contribution in [-0.4, -0.2) is 35.2 Å². The fourth-order valence-electron chi connectivity index (χ4n) is 3.28. The third-order valence-electron chi connectivity index (χ3n) is 4.83. The number of hydrogen-bond acceptors (Lipinski definition) is 6. The van der Waals surface area contributed by atoms with Crippen molar-refractivity contribution in [3.63, 3.8) is 0 Å². The normalized spacial score (nSPS) is 13.9. The quantitative estimate of drug-likeness (QED) is 0.448. The molecule has 1 fully saturated rings. The van der Waals surface area contributed by atoms with Crippen LogP contribution in [0.25, 0.3) is 5.57 Å². The molecule has 3 rings (SSSR count). The molecular weight excluding hydrogens is 360 g/mol. The van der Waals surface area contributed by atoms with E-state index in [0.29, 0.717) is 5.75 Å². The smallest absolute Gasteiger partial charge is 0.337 e. The molecule has 1 aliphatic rings. The maximum Gasteiger partial charge on any atom is 0.337 e. The zero-order chi connectivity index (χ0) is 20.3. The highest BCUT2D eigenvalue weighted by molar-refractivity contribution is 6.17. The van der Waals surface area contributed by atoms with Gasteiger partial charge in [-0.25, -0.2) is 4.79 Å². The van der Waals surface area contributed by atoms with E-state index in [4.69, 9.17) is 4.74 Å². The third kappa shape index (κ3) is 4.01. The molecule has 0 aliphatic heterocycles. The summed E-state index contributed by atoms with van der Waals surface area (Å²) in [5.74, 6) is -1.04. The summed E-state index contributed by atoms with van der Waals surface area (Å²) in [6.45, 7) is 3.60. The van der Waals surface area contributed by atoms with Gasteiger partial charge < -0.3 is 19.7 Å². The Morgan fingerprint density at radius 2 is 1.71 bits per heavy atom. The van der Waals surface area contributed by atoms with Crippen molar-refractivity contribution in [2.45, 2.75) is 31.8 Å². The first-order valence-corrected chi connectivity index (χ1v) is 9.05. The van der Waals surface area contributed by atoms with Gasteiger partial charge in [-0.15, -0.1) is 0 Å². The Bertz CT molecular complexity index is 925. The van der Waals surface area contributed by atoms with Gasteiger partial charge in [-0.2, -0.15) is 0 Å². The van der Waals surface area contributed by atoms with Crippen LogP contribution < -0.4 is 4.74 Å². The minimum atomic E-state index is -0.712. The Hall–Kier alpha value is -3.28. The van der Waals surface area contributed by atoms with Crippen molar-refractivity contribution in [2.24, 2.45) is 0 Å². The van der Waals surface area contributed by atoms with Crippen LogP contribution in [0.5, 0.6) is 17.2 Å². The van der Waals surface area contributed by atoms with Gasteiger partial charge in [0, 0.05) is 17.2 Å². The molecule has 0 radical (unpaired) electrons. The van der Waals surface area contributed by atoms with E-state index in [1.54, 1.807) is 6.07 Å². The van der Waals surface area contributed by atoms with Gasteiger partial charge in [-0.1, -0.05) is 6.58 Å². The second kappa shape index (κ2) is 8.17. The molecule has 0 heterocycles. The van der Waals surface area contributed by atoms with E-state index in [9.17, 15) is 19.8 Å². The molecule has 0 unspecified atom stereocenters. The van der Waals surface area contributed by atoms with Crippen molar-refractivity contribution in [3.05, 3.63) is 59.7 Å². The van der Waals surface area contributed by atoms with Crippen LogP contribution >= 0.6 is 0 Å². The highest BCUT2D eigenvalue weighted by Crippen LogP contribution is 2.31. The van der Waals surface area contributed by atoms with Crippen LogP contribution in [0.1, 0.15) is 47.2 Å². The van der Waals surface area contributed by atoms with Gasteiger partial charge in [0.25, 0.3) is 0 Å². The molecule has 1 aliphatic carbocycles. The van der Waals surface area contributed by atoms with Crippen molar-refractivity contribution in [2.75, 3.05) is 7.11 Å². The van der Waals surface area contributed by atoms with Crippen molar-refractivity contribution in [1.29, 1.82) is 0 Å². The lowest BCUT2D eigenvalue weighted by molar-refractivity contribution is -0.133. The second-order valence-electron chi connectivity index (χ2n) is 6.73. The Morgan fingerprint density at radius 1 is 1.00 bits per heavy atom. The predicted molar refractivity (Wildman–Crippen MR) is 104 cm³/mol. The average molecular weight is 382 g/mol. The predicted octanol–water partition coefficient (Wildman–Crippen LogP) is 3.84. The van der Waals surface area contributed by atoms with E-state index in [2.05, 4.69) is 11.3 Å². The molecule has 0 aromatic heterocycles. The first-order chi connectivity index (χ1) is 13.4. The van der Waals surface area contributed by atoms with Gasteiger partial charge in [0.05, 0.1) is 24.4 Å². The summed E-state index contributed by atoms with van der Waals surface area (Å²) >= 11 is 0. The van der Waals surface area contributed by atoms with Crippen LogP contribution in [0.2, 0.25) is 0 Å². The van der Waals surface area contributed by atoms with Crippen LogP contribution in [0, 0.1) is 0 Å². The number of methoxy groups -OCH3 is 1. The van der Waals surface area contributed by atoms with Gasteiger partial charge in [-0.05, 0) is 56.0 Å². The number of ether oxygens (including phenoxy) is 2. The van der Waals surface area contributed by atoms with E-state index in [1.807, 2.05) is 0 Å². The van der Waals surface area contributed by atoms with Gasteiger partial charge in [0.1, 0.15) is 17.2 Å². The van der Waals surface area contributed by atoms with Crippen molar-refractivity contribution in [3.8, 4) is 17.2 Å².